The molecule has 4 nitrogen and oxygen atoms in total. The van der Waals surface area contributed by atoms with Crippen molar-refractivity contribution in [2.24, 2.45) is 5.92 Å². The monoisotopic (exact) mass is 577 g/mol. The molecule has 0 fully saturated rings. The number of carbonyl (C=O) groups excluding carboxylic acids is 1. The average Bonchev–Trinajstić information content (AvgIpc) is 2.96. The van der Waals surface area contributed by atoms with Gasteiger partial charge in [-0.1, -0.05) is 173 Å². The van der Waals surface area contributed by atoms with Gasteiger partial charge in [-0.05, 0) is 32.1 Å². The van der Waals surface area contributed by atoms with E-state index in [-0.39, 0.29) is 13.0 Å². The fourth-order valence-electron chi connectivity index (χ4n) is 5.49. The number of hydrogen-bond donors (Lipinski definition) is 1. The summed E-state index contributed by atoms with van der Waals surface area (Å²) < 4.78 is 4.90. The lowest BCUT2D eigenvalue weighted by molar-refractivity contribution is -0.151. The van der Waals surface area contributed by atoms with Gasteiger partial charge in [-0.25, -0.2) is 0 Å². The van der Waals surface area contributed by atoms with E-state index in [9.17, 15) is 14.7 Å². The molecule has 0 aliphatic heterocycles. The third-order valence-electron chi connectivity index (χ3n) is 8.19. The van der Waals surface area contributed by atoms with E-state index in [0.29, 0.717) is 6.42 Å². The fraction of sp³-hybridized carbons (Fsp3) is 0.838. The second-order valence-electron chi connectivity index (χ2n) is 12.2. The van der Waals surface area contributed by atoms with Gasteiger partial charge in [0.25, 0.3) is 0 Å². The first-order valence-electron chi connectivity index (χ1n) is 17.8. The van der Waals surface area contributed by atoms with Gasteiger partial charge in [0.15, 0.2) is 0 Å². The molecule has 1 unspecified atom stereocenters. The number of esters is 1. The second-order valence-corrected chi connectivity index (χ2v) is 12.2. The molecule has 0 saturated carbocycles. The van der Waals surface area contributed by atoms with Gasteiger partial charge in [0.2, 0.25) is 0 Å². The highest BCUT2D eigenvalue weighted by atomic mass is 16.5. The van der Waals surface area contributed by atoms with Crippen molar-refractivity contribution in [1.29, 1.82) is 0 Å². The van der Waals surface area contributed by atoms with Crippen LogP contribution in [-0.2, 0) is 14.3 Å². The smallest absolute Gasteiger partial charge is 0.307 e. The Morgan fingerprint density at radius 2 is 0.976 bits per heavy atom. The summed E-state index contributed by atoms with van der Waals surface area (Å²) in [6.07, 6.45) is 41.6. The Morgan fingerprint density at radius 1 is 0.610 bits per heavy atom. The van der Waals surface area contributed by atoms with Crippen LogP contribution in [0.4, 0.5) is 0 Å². The molecule has 240 valence electrons. The molecule has 0 saturated heterocycles. The molecule has 4 heteroatoms. The predicted molar refractivity (Wildman–Crippen MR) is 176 cm³/mol. The summed E-state index contributed by atoms with van der Waals surface area (Å²) in [5.74, 6) is -2.05. The van der Waals surface area contributed by atoms with E-state index in [2.05, 4.69) is 25.7 Å². The molecule has 0 bridgehead atoms. The molecule has 0 heterocycles. The molecule has 0 spiro atoms. The third-order valence-corrected chi connectivity index (χ3v) is 8.19. The SMILES string of the molecule is C=CCOC(=O)CC(CCC/C=C/CCCCCCCCCCCCCCCCCCCCCCCCC)C(=O)O. The van der Waals surface area contributed by atoms with Crippen LogP contribution in [0.1, 0.15) is 187 Å². The minimum absolute atomic E-state index is 0.0631. The maximum atomic E-state index is 11.6. The zero-order valence-corrected chi connectivity index (χ0v) is 27.2. The number of aliphatic carboxylic acids is 1. The molecule has 0 aromatic rings. The summed E-state index contributed by atoms with van der Waals surface area (Å²) in [5, 5.41) is 9.30. The highest BCUT2D eigenvalue weighted by Gasteiger charge is 2.21. The Morgan fingerprint density at radius 3 is 1.34 bits per heavy atom. The van der Waals surface area contributed by atoms with Crippen molar-refractivity contribution < 1.29 is 19.4 Å². The van der Waals surface area contributed by atoms with Gasteiger partial charge in [-0.3, -0.25) is 9.59 Å². The van der Waals surface area contributed by atoms with Crippen molar-refractivity contribution in [3.8, 4) is 0 Å². The van der Waals surface area contributed by atoms with Gasteiger partial charge < -0.3 is 9.84 Å². The van der Waals surface area contributed by atoms with Gasteiger partial charge in [-0.2, -0.15) is 0 Å². The topological polar surface area (TPSA) is 63.6 Å². The number of allylic oxidation sites excluding steroid dienone is 2. The number of ether oxygens (including phenoxy) is 1. The Bertz CT molecular complexity index is 612. The quantitative estimate of drug-likeness (QED) is 0.0479. The summed E-state index contributed by atoms with van der Waals surface area (Å²) in [7, 11) is 0. The van der Waals surface area contributed by atoms with E-state index in [1.807, 2.05) is 0 Å². The van der Waals surface area contributed by atoms with Crippen LogP contribution in [0.25, 0.3) is 0 Å². The van der Waals surface area contributed by atoms with Crippen LogP contribution in [0.15, 0.2) is 24.8 Å². The van der Waals surface area contributed by atoms with Gasteiger partial charge in [0.05, 0.1) is 12.3 Å². The lowest BCUT2D eigenvalue weighted by Gasteiger charge is -2.10. The Hall–Kier alpha value is -1.58. The number of rotatable bonds is 33. The first kappa shape index (κ1) is 39.4. The number of unbranched alkanes of at least 4 members (excludes halogenated alkanes) is 24. The Labute approximate surface area is 255 Å². The number of carboxylic acids is 1. The Kier molecular flexibility index (Phi) is 31.7. The second kappa shape index (κ2) is 32.9. The van der Waals surface area contributed by atoms with Crippen LogP contribution >= 0.6 is 0 Å². The van der Waals surface area contributed by atoms with Crippen LogP contribution in [0.3, 0.4) is 0 Å². The number of carboxylic acid groups (broad SMARTS) is 1. The van der Waals surface area contributed by atoms with E-state index in [4.69, 9.17) is 4.74 Å². The molecule has 0 aromatic carbocycles. The molecule has 1 atom stereocenters. The van der Waals surface area contributed by atoms with Crippen LogP contribution in [0, 0.1) is 5.92 Å². The van der Waals surface area contributed by atoms with Crippen molar-refractivity contribution in [2.45, 2.75) is 187 Å². The zero-order valence-electron chi connectivity index (χ0n) is 27.2. The lowest BCUT2D eigenvalue weighted by Crippen LogP contribution is -2.19. The molecular formula is C37H68O4. The number of carbonyl (C=O) groups is 2. The van der Waals surface area contributed by atoms with E-state index in [1.54, 1.807) is 0 Å². The van der Waals surface area contributed by atoms with Crippen LogP contribution in [-0.4, -0.2) is 23.7 Å². The summed E-state index contributed by atoms with van der Waals surface area (Å²) in [4.78, 5) is 23.0. The van der Waals surface area contributed by atoms with Gasteiger partial charge in [-0.15, -0.1) is 0 Å². The minimum atomic E-state index is -0.922. The van der Waals surface area contributed by atoms with Gasteiger partial charge in [0.1, 0.15) is 6.61 Å². The normalized spacial score (nSPS) is 12.1. The number of hydrogen-bond acceptors (Lipinski definition) is 3. The highest BCUT2D eigenvalue weighted by molar-refractivity contribution is 5.78. The van der Waals surface area contributed by atoms with Crippen molar-refractivity contribution in [3.63, 3.8) is 0 Å². The van der Waals surface area contributed by atoms with E-state index >= 15 is 0 Å². The van der Waals surface area contributed by atoms with Crippen molar-refractivity contribution >= 4 is 11.9 Å². The molecule has 0 amide bonds. The van der Waals surface area contributed by atoms with Crippen molar-refractivity contribution in [3.05, 3.63) is 24.8 Å². The highest BCUT2D eigenvalue weighted by Crippen LogP contribution is 2.17. The Balaban J connectivity index is 3.32. The molecule has 0 rings (SSSR count). The van der Waals surface area contributed by atoms with E-state index < -0.39 is 17.9 Å². The summed E-state index contributed by atoms with van der Waals surface area (Å²) >= 11 is 0. The third kappa shape index (κ3) is 31.2. The molecule has 0 radical (unpaired) electrons. The molecular weight excluding hydrogens is 508 g/mol. The zero-order chi connectivity index (χ0) is 30.1. The molecule has 0 aliphatic carbocycles. The summed E-state index contributed by atoms with van der Waals surface area (Å²) in [6, 6.07) is 0. The average molecular weight is 577 g/mol. The molecule has 0 aliphatic rings. The van der Waals surface area contributed by atoms with E-state index in [1.165, 1.54) is 154 Å². The molecule has 0 aromatic heterocycles. The first-order chi connectivity index (χ1) is 20.1. The first-order valence-corrected chi connectivity index (χ1v) is 17.8. The summed E-state index contributed by atoms with van der Waals surface area (Å²) in [6.45, 7) is 5.91. The lowest BCUT2D eigenvalue weighted by atomic mass is 9.98. The van der Waals surface area contributed by atoms with E-state index in [0.717, 1.165) is 19.3 Å². The maximum absolute atomic E-state index is 11.6. The minimum Gasteiger partial charge on any atom is -0.481 e. The van der Waals surface area contributed by atoms with Crippen LogP contribution in [0.5, 0.6) is 0 Å². The van der Waals surface area contributed by atoms with Gasteiger partial charge in [0, 0.05) is 0 Å². The van der Waals surface area contributed by atoms with Crippen LogP contribution < -0.4 is 0 Å². The van der Waals surface area contributed by atoms with Crippen molar-refractivity contribution in [2.75, 3.05) is 6.61 Å². The molecule has 1 N–H and O–H groups in total. The summed E-state index contributed by atoms with van der Waals surface area (Å²) in [5.41, 5.74) is 0. The standard InChI is InChI=1S/C37H68O4/c1-3-5-6-7-8-9-10-11-12-13-14-15-16-17-18-19-20-21-22-23-24-25-26-27-28-29-30-31-32-35(37(39)40)34-36(38)41-33-4-2/h4,28-29,35H,2-3,5-27,30-34H2,1H3,(H,39,40)/b29-28+. The van der Waals surface area contributed by atoms with Crippen molar-refractivity contribution in [1.82, 2.24) is 0 Å². The largest absolute Gasteiger partial charge is 0.481 e. The fourth-order valence-corrected chi connectivity index (χ4v) is 5.49. The predicted octanol–water partition coefficient (Wildman–Crippen LogP) is 11.9. The maximum Gasteiger partial charge on any atom is 0.307 e. The van der Waals surface area contributed by atoms with Crippen LogP contribution in [0.2, 0.25) is 0 Å². The molecule has 41 heavy (non-hydrogen) atoms. The van der Waals surface area contributed by atoms with Gasteiger partial charge >= 0.3 is 11.9 Å².